The van der Waals surface area contributed by atoms with Gasteiger partial charge in [-0.05, 0) is 30.4 Å². The molecule has 0 spiro atoms. The summed E-state index contributed by atoms with van der Waals surface area (Å²) in [5.74, 6) is 0.308. The second kappa shape index (κ2) is 4.08. The van der Waals surface area contributed by atoms with Crippen LogP contribution < -0.4 is 4.74 Å². The Morgan fingerprint density at radius 3 is 2.62 bits per heavy atom. The van der Waals surface area contributed by atoms with Crippen molar-refractivity contribution in [3.63, 3.8) is 0 Å². The fourth-order valence-corrected chi connectivity index (χ4v) is 1.28. The van der Waals surface area contributed by atoms with E-state index in [2.05, 4.69) is 9.97 Å². The monoisotopic (exact) mass is 252 g/mol. The van der Waals surface area contributed by atoms with Gasteiger partial charge in [-0.2, -0.15) is 18.2 Å². The maximum absolute atomic E-state index is 12.4. The normalized spacial score (nSPS) is 16.2. The molecule has 3 nitrogen and oxygen atoms in total. The molecule has 0 saturated heterocycles. The van der Waals surface area contributed by atoms with E-state index in [0.717, 1.165) is 18.9 Å². The summed E-state index contributed by atoms with van der Waals surface area (Å²) in [5.41, 5.74) is -1.08. The van der Waals surface area contributed by atoms with Gasteiger partial charge in [0, 0.05) is 6.07 Å². The van der Waals surface area contributed by atoms with Gasteiger partial charge in [0.15, 0.2) is 5.69 Å². The summed E-state index contributed by atoms with van der Waals surface area (Å²) >= 11 is 5.38. The molecule has 1 heterocycles. The van der Waals surface area contributed by atoms with E-state index >= 15 is 0 Å². The lowest BCUT2D eigenvalue weighted by Crippen LogP contribution is -2.10. The van der Waals surface area contributed by atoms with Crippen LogP contribution in [0.2, 0.25) is 5.28 Å². The van der Waals surface area contributed by atoms with Crippen molar-refractivity contribution >= 4 is 11.6 Å². The van der Waals surface area contributed by atoms with E-state index in [-0.39, 0.29) is 5.88 Å². The summed E-state index contributed by atoms with van der Waals surface area (Å²) in [6.45, 7) is 0.380. The number of alkyl halides is 3. The molecule has 1 aliphatic rings. The van der Waals surface area contributed by atoms with Crippen LogP contribution in [0, 0.1) is 5.92 Å². The Kier molecular flexibility index (Phi) is 2.92. The zero-order chi connectivity index (χ0) is 11.8. The highest BCUT2D eigenvalue weighted by Crippen LogP contribution is 2.32. The molecule has 0 unspecified atom stereocenters. The predicted molar refractivity (Wildman–Crippen MR) is 50.3 cm³/mol. The molecule has 16 heavy (non-hydrogen) atoms. The van der Waals surface area contributed by atoms with Gasteiger partial charge in [-0.25, -0.2) is 4.98 Å². The highest BCUT2D eigenvalue weighted by Gasteiger charge is 2.34. The Balaban J connectivity index is 2.14. The number of rotatable bonds is 3. The summed E-state index contributed by atoms with van der Waals surface area (Å²) in [5, 5.41) is -0.458. The summed E-state index contributed by atoms with van der Waals surface area (Å²) in [4.78, 5) is 6.68. The van der Waals surface area contributed by atoms with Crippen molar-refractivity contribution in [1.82, 2.24) is 9.97 Å². The minimum atomic E-state index is -4.54. The molecular weight excluding hydrogens is 245 g/mol. The molecule has 1 aromatic rings. The van der Waals surface area contributed by atoms with Gasteiger partial charge < -0.3 is 4.74 Å². The Morgan fingerprint density at radius 2 is 2.06 bits per heavy atom. The van der Waals surface area contributed by atoms with E-state index in [0.29, 0.717) is 12.5 Å². The van der Waals surface area contributed by atoms with Crippen molar-refractivity contribution in [2.75, 3.05) is 6.61 Å². The van der Waals surface area contributed by atoms with Gasteiger partial charge in [0.25, 0.3) is 0 Å². The van der Waals surface area contributed by atoms with Crippen molar-refractivity contribution in [2.45, 2.75) is 19.0 Å². The molecule has 0 radical (unpaired) electrons. The Bertz CT molecular complexity index is 393. The number of aromatic nitrogens is 2. The minimum absolute atomic E-state index is 0.126. The third-order valence-corrected chi connectivity index (χ3v) is 2.30. The first kappa shape index (κ1) is 11.4. The molecule has 0 atom stereocenters. The van der Waals surface area contributed by atoms with Crippen LogP contribution in [0.25, 0.3) is 0 Å². The van der Waals surface area contributed by atoms with E-state index in [1.807, 2.05) is 0 Å². The van der Waals surface area contributed by atoms with E-state index in [9.17, 15) is 13.2 Å². The number of halogens is 4. The van der Waals surface area contributed by atoms with Gasteiger partial charge in [-0.3, -0.25) is 0 Å². The molecule has 0 amide bonds. The van der Waals surface area contributed by atoms with E-state index in [1.54, 1.807) is 0 Å². The lowest BCUT2D eigenvalue weighted by atomic mass is 10.4. The van der Waals surface area contributed by atoms with E-state index in [4.69, 9.17) is 16.3 Å². The summed E-state index contributed by atoms with van der Waals surface area (Å²) in [7, 11) is 0. The Hall–Kier alpha value is -1.04. The number of hydrogen-bond acceptors (Lipinski definition) is 3. The molecule has 7 heteroatoms. The van der Waals surface area contributed by atoms with Crippen LogP contribution in [-0.4, -0.2) is 16.6 Å². The van der Waals surface area contributed by atoms with Crippen molar-refractivity contribution in [1.29, 1.82) is 0 Å². The third-order valence-electron chi connectivity index (χ3n) is 2.13. The molecule has 1 saturated carbocycles. The molecular formula is C9H8ClF3N2O. The summed E-state index contributed by atoms with van der Waals surface area (Å²) in [6.07, 6.45) is -2.44. The zero-order valence-electron chi connectivity index (χ0n) is 8.09. The Morgan fingerprint density at radius 1 is 1.38 bits per heavy atom. The molecule has 0 aliphatic heterocycles. The maximum atomic E-state index is 12.4. The molecule has 1 aromatic heterocycles. The van der Waals surface area contributed by atoms with Crippen LogP contribution in [0.4, 0.5) is 13.2 Å². The highest BCUT2D eigenvalue weighted by molar-refractivity contribution is 6.28. The smallest absolute Gasteiger partial charge is 0.433 e. The zero-order valence-corrected chi connectivity index (χ0v) is 8.85. The van der Waals surface area contributed by atoms with Crippen LogP contribution in [-0.2, 0) is 6.18 Å². The maximum Gasteiger partial charge on any atom is 0.433 e. The molecule has 1 aliphatic carbocycles. The molecule has 0 bridgehead atoms. The van der Waals surface area contributed by atoms with Gasteiger partial charge in [-0.1, -0.05) is 0 Å². The average molecular weight is 253 g/mol. The topological polar surface area (TPSA) is 35.0 Å². The predicted octanol–water partition coefficient (Wildman–Crippen LogP) is 2.94. The minimum Gasteiger partial charge on any atom is -0.477 e. The van der Waals surface area contributed by atoms with Crippen LogP contribution in [0.1, 0.15) is 18.5 Å². The van der Waals surface area contributed by atoms with E-state index in [1.165, 1.54) is 0 Å². The van der Waals surface area contributed by atoms with Gasteiger partial charge >= 0.3 is 6.18 Å². The molecule has 88 valence electrons. The SMILES string of the molecule is FC(F)(F)c1cc(OCC2CC2)nc(Cl)n1. The van der Waals surface area contributed by atoms with Crippen LogP contribution in [0.15, 0.2) is 6.07 Å². The van der Waals surface area contributed by atoms with Crippen molar-refractivity contribution in [3.05, 3.63) is 17.0 Å². The van der Waals surface area contributed by atoms with E-state index < -0.39 is 17.2 Å². The molecule has 0 aromatic carbocycles. The first-order chi connectivity index (χ1) is 7.45. The van der Waals surface area contributed by atoms with Crippen LogP contribution in [0.5, 0.6) is 5.88 Å². The second-order valence-electron chi connectivity index (χ2n) is 3.61. The van der Waals surface area contributed by atoms with Gasteiger partial charge in [-0.15, -0.1) is 0 Å². The van der Waals surface area contributed by atoms with Crippen molar-refractivity contribution in [2.24, 2.45) is 5.92 Å². The second-order valence-corrected chi connectivity index (χ2v) is 3.95. The van der Waals surface area contributed by atoms with Crippen LogP contribution >= 0.6 is 11.6 Å². The quantitative estimate of drug-likeness (QED) is 0.776. The lowest BCUT2D eigenvalue weighted by Gasteiger charge is -2.08. The number of hydrogen-bond donors (Lipinski definition) is 0. The summed E-state index contributed by atoms with van der Waals surface area (Å²) in [6, 6.07) is 0.758. The fraction of sp³-hybridized carbons (Fsp3) is 0.556. The summed E-state index contributed by atoms with van der Waals surface area (Å²) < 4.78 is 42.2. The van der Waals surface area contributed by atoms with Gasteiger partial charge in [0.2, 0.25) is 11.2 Å². The third kappa shape index (κ3) is 2.98. The standard InChI is InChI=1S/C9H8ClF3N2O/c10-8-14-6(9(11,12)13)3-7(15-8)16-4-5-1-2-5/h3,5H,1-2,4H2. The molecule has 1 fully saturated rings. The van der Waals surface area contributed by atoms with Gasteiger partial charge in [0.05, 0.1) is 6.61 Å². The first-order valence-corrected chi connectivity index (χ1v) is 5.07. The Labute approximate surface area is 94.6 Å². The lowest BCUT2D eigenvalue weighted by molar-refractivity contribution is -0.141. The van der Waals surface area contributed by atoms with Crippen LogP contribution in [0.3, 0.4) is 0 Å². The molecule has 0 N–H and O–H groups in total. The largest absolute Gasteiger partial charge is 0.477 e. The fourth-order valence-electron chi connectivity index (χ4n) is 1.10. The molecule has 2 rings (SSSR count). The first-order valence-electron chi connectivity index (χ1n) is 4.70. The average Bonchev–Trinajstić information content (AvgIpc) is 2.96. The van der Waals surface area contributed by atoms with Gasteiger partial charge in [0.1, 0.15) is 0 Å². The van der Waals surface area contributed by atoms with Crippen molar-refractivity contribution < 1.29 is 17.9 Å². The number of ether oxygens (including phenoxy) is 1. The highest BCUT2D eigenvalue weighted by atomic mass is 35.5. The number of nitrogens with zero attached hydrogens (tertiary/aromatic N) is 2. The van der Waals surface area contributed by atoms with Crippen molar-refractivity contribution in [3.8, 4) is 5.88 Å².